The number of thiophene rings is 1. The third kappa shape index (κ3) is 3.12. The normalized spacial score (nSPS) is 12.8. The van der Waals surface area contributed by atoms with E-state index in [4.69, 9.17) is 4.74 Å². The van der Waals surface area contributed by atoms with E-state index in [1.54, 1.807) is 24.8 Å². The second-order valence-electron chi connectivity index (χ2n) is 3.69. The topological polar surface area (TPSA) is 67.3 Å². The predicted molar refractivity (Wildman–Crippen MR) is 68.4 cm³/mol. The van der Waals surface area contributed by atoms with Crippen LogP contribution in [0, 0.1) is 0 Å². The fourth-order valence-corrected chi connectivity index (χ4v) is 2.30. The van der Waals surface area contributed by atoms with Crippen LogP contribution in [0.25, 0.3) is 10.2 Å². The minimum Gasteiger partial charge on any atom is -0.391 e. The molecule has 92 valence electrons. The highest BCUT2D eigenvalue weighted by Crippen LogP contribution is 2.23. The largest absolute Gasteiger partial charge is 0.391 e. The first-order valence-corrected chi connectivity index (χ1v) is 6.28. The summed E-state index contributed by atoms with van der Waals surface area (Å²) in [5.74, 6) is 0.820. The molecule has 0 aliphatic rings. The smallest absolute Gasteiger partial charge is 0.138 e. The molecule has 2 aromatic rings. The van der Waals surface area contributed by atoms with Crippen LogP contribution in [-0.2, 0) is 4.74 Å². The zero-order valence-electron chi connectivity index (χ0n) is 9.59. The quantitative estimate of drug-likeness (QED) is 0.816. The second-order valence-corrected chi connectivity index (χ2v) is 4.58. The average Bonchev–Trinajstić information content (AvgIpc) is 2.78. The third-order valence-electron chi connectivity index (χ3n) is 2.39. The lowest BCUT2D eigenvalue weighted by molar-refractivity contribution is 0.0615. The van der Waals surface area contributed by atoms with Gasteiger partial charge in [-0.3, -0.25) is 0 Å². The van der Waals surface area contributed by atoms with Crippen LogP contribution < -0.4 is 5.32 Å². The Bertz CT molecular complexity index is 474. The minimum atomic E-state index is -0.438. The third-order valence-corrected chi connectivity index (χ3v) is 3.21. The van der Waals surface area contributed by atoms with Crippen molar-refractivity contribution in [1.82, 2.24) is 9.97 Å². The highest BCUT2D eigenvalue weighted by Gasteiger charge is 2.06. The number of hydrogen-bond acceptors (Lipinski definition) is 6. The molecule has 1 unspecified atom stereocenters. The number of nitrogens with one attached hydrogen (secondary N) is 1. The molecular formula is C11H15N3O2S. The van der Waals surface area contributed by atoms with Crippen molar-refractivity contribution in [3.63, 3.8) is 0 Å². The molecule has 0 saturated heterocycles. The zero-order valence-corrected chi connectivity index (χ0v) is 10.4. The first-order chi connectivity index (χ1) is 8.31. The molecule has 6 heteroatoms. The van der Waals surface area contributed by atoms with Gasteiger partial charge in [-0.05, 0) is 17.9 Å². The van der Waals surface area contributed by atoms with Crippen LogP contribution in [0.2, 0.25) is 0 Å². The maximum atomic E-state index is 9.50. The number of rotatable bonds is 6. The first-order valence-electron chi connectivity index (χ1n) is 5.40. The minimum absolute atomic E-state index is 0.360. The molecule has 0 radical (unpaired) electrons. The maximum Gasteiger partial charge on any atom is 0.138 e. The predicted octanol–water partition coefficient (Wildman–Crippen LogP) is 1.50. The molecule has 2 aromatic heterocycles. The van der Waals surface area contributed by atoms with E-state index in [0.717, 1.165) is 16.0 Å². The molecule has 0 amide bonds. The van der Waals surface area contributed by atoms with Crippen LogP contribution in [0.3, 0.4) is 0 Å². The summed E-state index contributed by atoms with van der Waals surface area (Å²) in [6.45, 7) is 1.02. The Morgan fingerprint density at radius 3 is 3.24 bits per heavy atom. The summed E-state index contributed by atoms with van der Waals surface area (Å²) in [6.07, 6.45) is 1.74. The van der Waals surface area contributed by atoms with Crippen LogP contribution in [0.15, 0.2) is 17.8 Å². The van der Waals surface area contributed by atoms with E-state index in [-0.39, 0.29) is 0 Å². The van der Waals surface area contributed by atoms with Gasteiger partial charge < -0.3 is 15.2 Å². The van der Waals surface area contributed by atoms with Crippen LogP contribution in [-0.4, -0.2) is 41.4 Å². The Kier molecular flexibility index (Phi) is 4.24. The van der Waals surface area contributed by atoms with Crippen molar-refractivity contribution in [3.8, 4) is 0 Å². The molecule has 2 heterocycles. The van der Waals surface area contributed by atoms with Crippen molar-refractivity contribution < 1.29 is 9.84 Å². The van der Waals surface area contributed by atoms with Crippen molar-refractivity contribution >= 4 is 27.4 Å². The molecule has 0 aromatic carbocycles. The van der Waals surface area contributed by atoms with Gasteiger partial charge in [0.1, 0.15) is 17.0 Å². The van der Waals surface area contributed by atoms with Crippen molar-refractivity contribution in [2.24, 2.45) is 0 Å². The van der Waals surface area contributed by atoms with E-state index in [2.05, 4.69) is 15.3 Å². The van der Waals surface area contributed by atoms with Gasteiger partial charge in [0, 0.05) is 13.7 Å². The van der Waals surface area contributed by atoms with E-state index in [0.29, 0.717) is 19.6 Å². The molecular weight excluding hydrogens is 238 g/mol. The summed E-state index contributed by atoms with van der Waals surface area (Å²) in [6, 6.07) is 1.99. The van der Waals surface area contributed by atoms with Crippen molar-refractivity contribution in [3.05, 3.63) is 17.8 Å². The lowest BCUT2D eigenvalue weighted by Gasteiger charge is -2.10. The number of aliphatic hydroxyl groups excluding tert-OH is 1. The first kappa shape index (κ1) is 12.2. The van der Waals surface area contributed by atoms with E-state index in [9.17, 15) is 5.11 Å². The Morgan fingerprint density at radius 1 is 1.53 bits per heavy atom. The van der Waals surface area contributed by atoms with Gasteiger partial charge in [-0.2, -0.15) is 0 Å². The monoisotopic (exact) mass is 253 g/mol. The lowest BCUT2D eigenvalue weighted by atomic mass is 10.2. The highest BCUT2D eigenvalue weighted by atomic mass is 32.1. The summed E-state index contributed by atoms with van der Waals surface area (Å²) >= 11 is 1.59. The average molecular weight is 253 g/mol. The van der Waals surface area contributed by atoms with Gasteiger partial charge in [-0.15, -0.1) is 11.3 Å². The number of aliphatic hydroxyl groups is 1. The Hall–Kier alpha value is -1.24. The molecule has 0 saturated carbocycles. The number of hydrogen-bond donors (Lipinski definition) is 2. The van der Waals surface area contributed by atoms with Gasteiger partial charge in [0.2, 0.25) is 0 Å². The lowest BCUT2D eigenvalue weighted by Crippen LogP contribution is -2.18. The number of methoxy groups -OCH3 is 1. The summed E-state index contributed by atoms with van der Waals surface area (Å²) < 4.78 is 4.86. The molecule has 1 atom stereocenters. The van der Waals surface area contributed by atoms with Crippen molar-refractivity contribution in [1.29, 1.82) is 0 Å². The summed E-state index contributed by atoms with van der Waals surface area (Å²) in [5.41, 5.74) is 0. The van der Waals surface area contributed by atoms with Crippen LogP contribution >= 0.6 is 11.3 Å². The molecule has 2 rings (SSSR count). The molecule has 0 fully saturated rings. The molecule has 0 bridgehead atoms. The number of fused-ring (bicyclic) bond motifs is 1. The van der Waals surface area contributed by atoms with Gasteiger partial charge in [0.15, 0.2) is 0 Å². The maximum absolute atomic E-state index is 9.50. The molecule has 5 nitrogen and oxygen atoms in total. The van der Waals surface area contributed by atoms with Gasteiger partial charge in [-0.1, -0.05) is 0 Å². The van der Waals surface area contributed by atoms with Crippen LogP contribution in [0.1, 0.15) is 6.42 Å². The van der Waals surface area contributed by atoms with E-state index >= 15 is 0 Å². The molecule has 0 aliphatic carbocycles. The summed E-state index contributed by atoms with van der Waals surface area (Å²) in [4.78, 5) is 9.34. The fraction of sp³-hybridized carbons (Fsp3) is 0.455. The molecule has 2 N–H and O–H groups in total. The highest BCUT2D eigenvalue weighted by molar-refractivity contribution is 7.16. The molecule has 17 heavy (non-hydrogen) atoms. The Balaban J connectivity index is 1.92. The number of aromatic nitrogens is 2. The van der Waals surface area contributed by atoms with Gasteiger partial charge in [0.05, 0.1) is 18.1 Å². The zero-order chi connectivity index (χ0) is 12.1. The van der Waals surface area contributed by atoms with Crippen molar-refractivity contribution in [2.45, 2.75) is 12.5 Å². The van der Waals surface area contributed by atoms with Crippen molar-refractivity contribution in [2.75, 3.05) is 25.6 Å². The summed E-state index contributed by atoms with van der Waals surface area (Å²) in [7, 11) is 1.58. The van der Waals surface area contributed by atoms with Crippen LogP contribution in [0.4, 0.5) is 5.82 Å². The fourth-order valence-electron chi connectivity index (χ4n) is 1.56. The number of nitrogens with zero attached hydrogens (tertiary/aromatic N) is 2. The standard InChI is InChI=1S/C11H15N3O2S/c1-16-6-8(15)2-4-12-10-9-3-5-17-11(9)14-7-13-10/h3,5,7-8,15H,2,4,6H2,1H3,(H,12,13,14). The van der Waals surface area contributed by atoms with Gasteiger partial charge in [0.25, 0.3) is 0 Å². The van der Waals surface area contributed by atoms with Gasteiger partial charge >= 0.3 is 0 Å². The molecule has 0 aliphatic heterocycles. The SMILES string of the molecule is COCC(O)CCNc1ncnc2sccc12. The van der Waals surface area contributed by atoms with Crippen LogP contribution in [0.5, 0.6) is 0 Å². The van der Waals surface area contributed by atoms with E-state index < -0.39 is 6.10 Å². The molecule has 0 spiro atoms. The Labute approximate surface area is 103 Å². The van der Waals surface area contributed by atoms with E-state index in [1.165, 1.54) is 0 Å². The van der Waals surface area contributed by atoms with E-state index in [1.807, 2.05) is 11.4 Å². The second kappa shape index (κ2) is 5.90. The number of anilines is 1. The van der Waals surface area contributed by atoms with Gasteiger partial charge in [-0.25, -0.2) is 9.97 Å². The summed E-state index contributed by atoms with van der Waals surface area (Å²) in [5, 5.41) is 15.7. The number of ether oxygens (including phenoxy) is 1. The Morgan fingerprint density at radius 2 is 2.41 bits per heavy atom.